The summed E-state index contributed by atoms with van der Waals surface area (Å²) in [4.78, 5) is 9.44. The van der Waals surface area contributed by atoms with Crippen LogP contribution in [0.3, 0.4) is 0 Å². The van der Waals surface area contributed by atoms with E-state index in [1.807, 2.05) is 0 Å². The fourth-order valence-electron chi connectivity index (χ4n) is 3.18. The molecule has 3 heterocycles. The van der Waals surface area contributed by atoms with E-state index in [2.05, 4.69) is 15.3 Å². The van der Waals surface area contributed by atoms with E-state index in [0.717, 1.165) is 31.7 Å². The number of halogens is 3. The maximum Gasteiger partial charge on any atom is 0.433 e. The average Bonchev–Trinajstić information content (AvgIpc) is 2.76. The van der Waals surface area contributed by atoms with Crippen LogP contribution in [0.25, 0.3) is 0 Å². The highest BCUT2D eigenvalue weighted by atomic mass is 19.4. The van der Waals surface area contributed by atoms with Crippen molar-refractivity contribution in [2.75, 3.05) is 11.9 Å². The second kappa shape index (κ2) is 4.87. The average molecular weight is 286 g/mol. The number of rotatable bonds is 2. The lowest BCUT2D eigenvalue weighted by Gasteiger charge is -2.35. The molecule has 2 saturated heterocycles. The quantitative estimate of drug-likeness (QED) is 0.905. The minimum Gasteiger partial charge on any atom is -0.341 e. The summed E-state index contributed by atoms with van der Waals surface area (Å²) >= 11 is 0. The van der Waals surface area contributed by atoms with Crippen molar-refractivity contribution in [3.8, 4) is 0 Å². The Balaban J connectivity index is 1.78. The summed E-state index contributed by atoms with van der Waals surface area (Å²) in [6, 6.07) is 2.07. The lowest BCUT2D eigenvalue weighted by atomic mass is 9.99. The summed E-state index contributed by atoms with van der Waals surface area (Å²) in [6.07, 6.45) is 0.930. The van der Waals surface area contributed by atoms with Gasteiger partial charge in [0.1, 0.15) is 5.69 Å². The number of piperidine rings is 1. The van der Waals surface area contributed by atoms with Crippen LogP contribution in [0.5, 0.6) is 0 Å². The van der Waals surface area contributed by atoms with Crippen LogP contribution in [-0.2, 0) is 6.18 Å². The van der Waals surface area contributed by atoms with Gasteiger partial charge in [-0.15, -0.1) is 0 Å². The number of hydrogen-bond donors (Lipinski definition) is 1. The number of nitrogens with zero attached hydrogens (tertiary/aromatic N) is 3. The van der Waals surface area contributed by atoms with Crippen LogP contribution in [0.1, 0.15) is 31.4 Å². The lowest BCUT2D eigenvalue weighted by molar-refractivity contribution is -0.141. The van der Waals surface area contributed by atoms with E-state index < -0.39 is 11.9 Å². The molecule has 2 unspecified atom stereocenters. The number of hydrogen-bond acceptors (Lipinski definition) is 4. The molecule has 1 aromatic heterocycles. The van der Waals surface area contributed by atoms with E-state index in [9.17, 15) is 13.2 Å². The van der Waals surface area contributed by atoms with E-state index in [-0.39, 0.29) is 12.0 Å². The summed E-state index contributed by atoms with van der Waals surface area (Å²) in [5.74, 6) is 0.158. The molecule has 0 aromatic carbocycles. The van der Waals surface area contributed by atoms with Crippen LogP contribution in [0.15, 0.2) is 12.3 Å². The minimum atomic E-state index is -4.42. The van der Waals surface area contributed by atoms with Crippen LogP contribution in [-0.4, -0.2) is 35.1 Å². The molecule has 110 valence electrons. The van der Waals surface area contributed by atoms with Gasteiger partial charge in [0.2, 0.25) is 5.95 Å². The summed E-state index contributed by atoms with van der Waals surface area (Å²) in [5, 5.41) is 3.51. The monoisotopic (exact) mass is 286 g/mol. The van der Waals surface area contributed by atoms with Gasteiger partial charge in [0.15, 0.2) is 0 Å². The highest BCUT2D eigenvalue weighted by Crippen LogP contribution is 2.32. The second-order valence-electron chi connectivity index (χ2n) is 5.61. The molecule has 1 aromatic rings. The molecular formula is C13H17F3N4. The zero-order valence-corrected chi connectivity index (χ0v) is 11.2. The highest BCUT2D eigenvalue weighted by Gasteiger charge is 2.37. The Morgan fingerprint density at radius 3 is 2.50 bits per heavy atom. The molecule has 2 bridgehead atoms. The Bertz CT molecular complexity index is 479. The van der Waals surface area contributed by atoms with Crippen molar-refractivity contribution in [3.05, 3.63) is 18.0 Å². The Hall–Kier alpha value is -1.37. The molecule has 0 radical (unpaired) electrons. The molecule has 2 aliphatic heterocycles. The maximum atomic E-state index is 12.7. The Labute approximate surface area is 115 Å². The zero-order chi connectivity index (χ0) is 14.3. The van der Waals surface area contributed by atoms with Crippen LogP contribution in [0.4, 0.5) is 19.1 Å². The molecule has 1 N–H and O–H groups in total. The van der Waals surface area contributed by atoms with Gasteiger partial charge in [0, 0.05) is 31.4 Å². The molecule has 20 heavy (non-hydrogen) atoms. The SMILES string of the molecule is CN(c1nccc(C(F)(F)F)n1)C1CC2CCC(C1)N2. The molecule has 4 nitrogen and oxygen atoms in total. The van der Waals surface area contributed by atoms with Crippen molar-refractivity contribution in [1.82, 2.24) is 15.3 Å². The van der Waals surface area contributed by atoms with Crippen molar-refractivity contribution in [2.24, 2.45) is 0 Å². The Kier molecular flexibility index (Phi) is 3.32. The fraction of sp³-hybridized carbons (Fsp3) is 0.692. The second-order valence-corrected chi connectivity index (χ2v) is 5.61. The van der Waals surface area contributed by atoms with Crippen molar-refractivity contribution >= 4 is 5.95 Å². The van der Waals surface area contributed by atoms with Gasteiger partial charge in [-0.05, 0) is 31.7 Å². The van der Waals surface area contributed by atoms with Crippen molar-refractivity contribution in [2.45, 2.75) is 50.0 Å². The van der Waals surface area contributed by atoms with Gasteiger partial charge in [0.05, 0.1) is 0 Å². The van der Waals surface area contributed by atoms with Gasteiger partial charge in [-0.2, -0.15) is 13.2 Å². The van der Waals surface area contributed by atoms with Crippen LogP contribution in [0.2, 0.25) is 0 Å². The van der Waals surface area contributed by atoms with Crippen molar-refractivity contribution in [1.29, 1.82) is 0 Å². The van der Waals surface area contributed by atoms with E-state index in [1.54, 1.807) is 11.9 Å². The van der Waals surface area contributed by atoms with Gasteiger partial charge in [0.25, 0.3) is 0 Å². The summed E-state index contributed by atoms with van der Waals surface area (Å²) < 4.78 is 38.1. The van der Waals surface area contributed by atoms with E-state index in [4.69, 9.17) is 0 Å². The first-order chi connectivity index (χ1) is 9.43. The van der Waals surface area contributed by atoms with Crippen LogP contribution in [0, 0.1) is 0 Å². The maximum absolute atomic E-state index is 12.7. The van der Waals surface area contributed by atoms with Gasteiger partial charge < -0.3 is 10.2 Å². The highest BCUT2D eigenvalue weighted by molar-refractivity contribution is 5.32. The largest absolute Gasteiger partial charge is 0.433 e. The van der Waals surface area contributed by atoms with Gasteiger partial charge in [-0.25, -0.2) is 9.97 Å². The molecule has 3 rings (SSSR count). The fourth-order valence-corrected chi connectivity index (χ4v) is 3.18. The molecule has 7 heteroatoms. The summed E-state index contributed by atoms with van der Waals surface area (Å²) in [7, 11) is 1.78. The predicted molar refractivity (Wildman–Crippen MR) is 68.4 cm³/mol. The van der Waals surface area contributed by atoms with Crippen LogP contribution < -0.4 is 10.2 Å². The van der Waals surface area contributed by atoms with Gasteiger partial charge >= 0.3 is 6.18 Å². The molecular weight excluding hydrogens is 269 g/mol. The van der Waals surface area contributed by atoms with E-state index in [1.165, 1.54) is 6.20 Å². The standard InChI is InChI=1S/C13H17F3N4/c1-20(10-6-8-2-3-9(7-10)18-8)12-17-5-4-11(19-12)13(14,15)16/h4-5,8-10,18H,2-3,6-7H2,1H3. The molecule has 0 amide bonds. The lowest BCUT2D eigenvalue weighted by Crippen LogP contribution is -2.47. The number of anilines is 1. The Morgan fingerprint density at radius 2 is 1.90 bits per heavy atom. The normalized spacial score (nSPS) is 29.5. The first-order valence-corrected chi connectivity index (χ1v) is 6.82. The smallest absolute Gasteiger partial charge is 0.341 e. The predicted octanol–water partition coefficient (Wildman–Crippen LogP) is 2.21. The minimum absolute atomic E-state index is 0.158. The van der Waals surface area contributed by atoms with E-state index in [0.29, 0.717) is 12.1 Å². The molecule has 2 aliphatic rings. The van der Waals surface area contributed by atoms with Gasteiger partial charge in [-0.1, -0.05) is 0 Å². The molecule has 2 fully saturated rings. The van der Waals surface area contributed by atoms with Gasteiger partial charge in [-0.3, -0.25) is 0 Å². The van der Waals surface area contributed by atoms with Crippen LogP contribution >= 0.6 is 0 Å². The number of fused-ring (bicyclic) bond motifs is 2. The molecule has 0 spiro atoms. The molecule has 2 atom stereocenters. The third kappa shape index (κ3) is 2.59. The number of nitrogens with one attached hydrogen (secondary N) is 1. The van der Waals surface area contributed by atoms with E-state index >= 15 is 0 Å². The summed E-state index contributed by atoms with van der Waals surface area (Å²) in [5.41, 5.74) is -0.883. The number of aromatic nitrogens is 2. The van der Waals surface area contributed by atoms with Crippen molar-refractivity contribution < 1.29 is 13.2 Å². The Morgan fingerprint density at radius 1 is 1.25 bits per heavy atom. The van der Waals surface area contributed by atoms with Crippen molar-refractivity contribution in [3.63, 3.8) is 0 Å². The summed E-state index contributed by atoms with van der Waals surface area (Å²) in [6.45, 7) is 0. The number of alkyl halides is 3. The third-order valence-electron chi connectivity index (χ3n) is 4.24. The first-order valence-electron chi connectivity index (χ1n) is 6.82. The first kappa shape index (κ1) is 13.6. The molecule has 0 saturated carbocycles. The third-order valence-corrected chi connectivity index (χ3v) is 4.24. The molecule has 0 aliphatic carbocycles. The zero-order valence-electron chi connectivity index (χ0n) is 11.2. The topological polar surface area (TPSA) is 41.1 Å².